The first-order chi connectivity index (χ1) is 24.2. The van der Waals surface area contributed by atoms with E-state index in [9.17, 15) is 5.26 Å². The number of aromatic nitrogens is 2. The summed E-state index contributed by atoms with van der Waals surface area (Å²) in [7, 11) is 0. The third kappa shape index (κ3) is 5.30. The molecule has 2 heterocycles. The lowest BCUT2D eigenvalue weighted by molar-refractivity contribution is 0.669. The van der Waals surface area contributed by atoms with E-state index in [1.807, 2.05) is 78.9 Å². The van der Waals surface area contributed by atoms with Gasteiger partial charge in [0, 0.05) is 27.5 Å². The van der Waals surface area contributed by atoms with E-state index in [0.29, 0.717) is 11.4 Å². The van der Waals surface area contributed by atoms with Crippen LogP contribution in [-0.2, 0) is 0 Å². The van der Waals surface area contributed by atoms with Crippen LogP contribution in [0.3, 0.4) is 0 Å². The summed E-state index contributed by atoms with van der Waals surface area (Å²) in [6.45, 7) is 0. The highest BCUT2D eigenvalue weighted by atomic mass is 16.3. The number of para-hydroxylation sites is 1. The first-order valence-electron chi connectivity index (χ1n) is 16.2. The fraction of sp³-hybridized carbons (Fsp3) is 0. The van der Waals surface area contributed by atoms with Crippen molar-refractivity contribution in [2.45, 2.75) is 0 Å². The minimum Gasteiger partial charge on any atom is -0.456 e. The number of fused-ring (bicyclic) bond motifs is 4. The lowest BCUT2D eigenvalue weighted by atomic mass is 9.93. The number of nitriles is 1. The van der Waals surface area contributed by atoms with Gasteiger partial charge < -0.3 is 4.42 Å². The second-order valence-corrected chi connectivity index (χ2v) is 12.2. The molecule has 0 saturated heterocycles. The zero-order chi connectivity index (χ0) is 32.7. The standard InChI is InChI=1S/C45H27N3O/c46-28-29-9-8-14-35(21-29)41-27-42(48-45(47-41)31-11-2-1-3-12-31)38-24-36(33-18-17-30-10-4-5-13-32(30)22-33)23-37(25-38)34-19-20-44-40(26-34)39-15-6-7-16-43(39)49-44/h1-27H. The van der Waals surface area contributed by atoms with Crippen molar-refractivity contribution in [2.75, 3.05) is 0 Å². The molecule has 0 atom stereocenters. The molecule has 0 unspecified atom stereocenters. The molecule has 0 aliphatic carbocycles. The predicted octanol–water partition coefficient (Wildman–Crippen LogP) is 11.7. The molecule has 4 heteroatoms. The number of hydrogen-bond acceptors (Lipinski definition) is 4. The highest BCUT2D eigenvalue weighted by molar-refractivity contribution is 6.06. The minimum atomic E-state index is 0.585. The smallest absolute Gasteiger partial charge is 0.160 e. The molecule has 0 aliphatic rings. The molecule has 0 bridgehead atoms. The van der Waals surface area contributed by atoms with Crippen LogP contribution in [0.15, 0.2) is 168 Å². The summed E-state index contributed by atoms with van der Waals surface area (Å²) in [4.78, 5) is 10.1. The fourth-order valence-corrected chi connectivity index (χ4v) is 6.59. The van der Waals surface area contributed by atoms with E-state index in [4.69, 9.17) is 14.4 Å². The van der Waals surface area contributed by atoms with Gasteiger partial charge in [0.2, 0.25) is 0 Å². The molecule has 4 nitrogen and oxygen atoms in total. The molecule has 228 valence electrons. The maximum Gasteiger partial charge on any atom is 0.160 e. The summed E-state index contributed by atoms with van der Waals surface area (Å²) in [5.74, 6) is 0.624. The Bertz CT molecular complexity index is 2740. The normalized spacial score (nSPS) is 11.2. The first-order valence-corrected chi connectivity index (χ1v) is 16.2. The van der Waals surface area contributed by atoms with E-state index < -0.39 is 0 Å². The first kappa shape index (κ1) is 28.4. The number of furan rings is 1. The summed E-state index contributed by atoms with van der Waals surface area (Å²) >= 11 is 0. The van der Waals surface area contributed by atoms with Crippen molar-refractivity contribution < 1.29 is 4.42 Å². The molecule has 7 aromatic carbocycles. The maximum absolute atomic E-state index is 9.64. The molecule has 0 N–H and O–H groups in total. The van der Waals surface area contributed by atoms with Gasteiger partial charge in [0.1, 0.15) is 11.2 Å². The molecular weight excluding hydrogens is 599 g/mol. The Hall–Kier alpha value is -6.83. The SMILES string of the molecule is N#Cc1cccc(-c2cc(-c3cc(-c4ccc5ccccc5c4)cc(-c4ccc5oc6ccccc6c5c4)c3)nc(-c3ccccc3)n2)c1. The molecular formula is C45H27N3O. The van der Waals surface area contributed by atoms with Crippen LogP contribution in [0, 0.1) is 11.3 Å². The van der Waals surface area contributed by atoms with E-state index in [1.54, 1.807) is 0 Å². The molecule has 0 aliphatic heterocycles. The zero-order valence-corrected chi connectivity index (χ0v) is 26.3. The van der Waals surface area contributed by atoms with Crippen LogP contribution >= 0.6 is 0 Å². The van der Waals surface area contributed by atoms with Crippen LogP contribution in [0.1, 0.15) is 5.56 Å². The van der Waals surface area contributed by atoms with Crippen LogP contribution < -0.4 is 0 Å². The predicted molar refractivity (Wildman–Crippen MR) is 199 cm³/mol. The van der Waals surface area contributed by atoms with Crippen molar-refractivity contribution in [3.8, 4) is 62.2 Å². The molecule has 0 saturated carbocycles. The average molecular weight is 626 g/mol. The number of benzene rings is 7. The Labute approximate surface area is 283 Å². The highest BCUT2D eigenvalue weighted by Gasteiger charge is 2.15. The van der Waals surface area contributed by atoms with Gasteiger partial charge in [-0.15, -0.1) is 0 Å². The van der Waals surface area contributed by atoms with Gasteiger partial charge in [-0.25, -0.2) is 9.97 Å². The number of nitrogens with zero attached hydrogens (tertiary/aromatic N) is 3. The summed E-state index contributed by atoms with van der Waals surface area (Å²) in [5, 5.41) is 14.2. The van der Waals surface area contributed by atoms with Crippen molar-refractivity contribution in [2.24, 2.45) is 0 Å². The van der Waals surface area contributed by atoms with Gasteiger partial charge in [0.05, 0.1) is 23.0 Å². The Morgan fingerprint density at radius 2 is 1.06 bits per heavy atom. The summed E-state index contributed by atoms with van der Waals surface area (Å²) < 4.78 is 6.16. The highest BCUT2D eigenvalue weighted by Crippen LogP contribution is 2.38. The van der Waals surface area contributed by atoms with Crippen molar-refractivity contribution in [1.29, 1.82) is 5.26 Å². The van der Waals surface area contributed by atoms with Crippen LogP contribution in [0.25, 0.3) is 88.9 Å². The second-order valence-electron chi connectivity index (χ2n) is 12.2. The Kier molecular flexibility index (Phi) is 6.81. The van der Waals surface area contributed by atoms with E-state index in [-0.39, 0.29) is 0 Å². The van der Waals surface area contributed by atoms with Gasteiger partial charge in [-0.3, -0.25) is 0 Å². The topological polar surface area (TPSA) is 62.7 Å². The van der Waals surface area contributed by atoms with Crippen LogP contribution in [0.2, 0.25) is 0 Å². The molecule has 0 fully saturated rings. The summed E-state index contributed by atoms with van der Waals surface area (Å²) in [6, 6.07) is 58.2. The van der Waals surface area contributed by atoms with E-state index >= 15 is 0 Å². The van der Waals surface area contributed by atoms with Crippen LogP contribution in [0.4, 0.5) is 0 Å². The van der Waals surface area contributed by atoms with Crippen LogP contribution in [-0.4, -0.2) is 9.97 Å². The van der Waals surface area contributed by atoms with Crippen molar-refractivity contribution in [1.82, 2.24) is 9.97 Å². The number of hydrogen-bond donors (Lipinski definition) is 0. The van der Waals surface area contributed by atoms with Gasteiger partial charge in [-0.1, -0.05) is 103 Å². The monoisotopic (exact) mass is 625 g/mol. The van der Waals surface area contributed by atoms with E-state index in [2.05, 4.69) is 91.0 Å². The second kappa shape index (κ2) is 11.8. The van der Waals surface area contributed by atoms with Gasteiger partial charge in [-0.05, 0) is 93.7 Å². The van der Waals surface area contributed by atoms with E-state index in [0.717, 1.165) is 72.3 Å². The van der Waals surface area contributed by atoms with Gasteiger partial charge in [0.25, 0.3) is 0 Å². The molecule has 0 amide bonds. The Morgan fingerprint density at radius 3 is 1.90 bits per heavy atom. The quantitative estimate of drug-likeness (QED) is 0.191. The maximum atomic E-state index is 9.64. The number of rotatable bonds is 5. The molecule has 2 aromatic heterocycles. The van der Waals surface area contributed by atoms with Gasteiger partial charge >= 0.3 is 0 Å². The third-order valence-corrected chi connectivity index (χ3v) is 9.07. The minimum absolute atomic E-state index is 0.585. The Morgan fingerprint density at radius 1 is 0.408 bits per heavy atom. The molecule has 0 spiro atoms. The zero-order valence-electron chi connectivity index (χ0n) is 26.3. The Balaban J connectivity index is 1.28. The summed E-state index contributed by atoms with van der Waals surface area (Å²) in [6.07, 6.45) is 0. The molecule has 49 heavy (non-hydrogen) atoms. The lowest BCUT2D eigenvalue weighted by Gasteiger charge is -2.14. The summed E-state index contributed by atoms with van der Waals surface area (Å²) in [5.41, 5.74) is 11.0. The average Bonchev–Trinajstić information content (AvgIpc) is 3.56. The van der Waals surface area contributed by atoms with Gasteiger partial charge in [0.15, 0.2) is 5.82 Å². The molecule has 9 rings (SSSR count). The van der Waals surface area contributed by atoms with E-state index in [1.165, 1.54) is 10.8 Å². The third-order valence-electron chi connectivity index (χ3n) is 9.07. The van der Waals surface area contributed by atoms with Crippen LogP contribution in [0.5, 0.6) is 0 Å². The molecule has 0 radical (unpaired) electrons. The van der Waals surface area contributed by atoms with Crippen molar-refractivity contribution >= 4 is 32.7 Å². The lowest BCUT2D eigenvalue weighted by Crippen LogP contribution is -1.97. The molecule has 9 aromatic rings. The largest absolute Gasteiger partial charge is 0.456 e. The van der Waals surface area contributed by atoms with Crippen molar-refractivity contribution in [3.63, 3.8) is 0 Å². The van der Waals surface area contributed by atoms with Crippen molar-refractivity contribution in [3.05, 3.63) is 169 Å². The fourth-order valence-electron chi connectivity index (χ4n) is 6.59. The van der Waals surface area contributed by atoms with Gasteiger partial charge in [-0.2, -0.15) is 5.26 Å².